The molecule has 1 amide bonds. The van der Waals surface area contributed by atoms with Crippen molar-refractivity contribution in [3.05, 3.63) is 33.8 Å². The molecule has 0 saturated carbocycles. The van der Waals surface area contributed by atoms with Gasteiger partial charge in [0.2, 0.25) is 5.91 Å². The quantitative estimate of drug-likeness (QED) is 0.898. The van der Waals surface area contributed by atoms with Crippen LogP contribution in [0.2, 0.25) is 10.0 Å². The highest BCUT2D eigenvalue weighted by molar-refractivity contribution is 6.42. The van der Waals surface area contributed by atoms with Gasteiger partial charge in [-0.1, -0.05) is 36.2 Å². The highest BCUT2D eigenvalue weighted by Crippen LogP contribution is 2.29. The molecule has 1 aromatic rings. The van der Waals surface area contributed by atoms with E-state index in [4.69, 9.17) is 28.9 Å². The molecule has 1 aromatic carbocycles. The minimum absolute atomic E-state index is 0.0966. The number of likely N-dealkylation sites (tertiary alicyclic amines) is 1. The first kappa shape index (κ1) is 16.6. The van der Waals surface area contributed by atoms with Crippen LogP contribution in [0, 0.1) is 5.41 Å². The summed E-state index contributed by atoms with van der Waals surface area (Å²) in [6, 6.07) is 5.63. The van der Waals surface area contributed by atoms with Crippen molar-refractivity contribution < 1.29 is 4.79 Å². The molecule has 3 nitrogen and oxygen atoms in total. The number of nitrogens with zero attached hydrogens (tertiary/aromatic N) is 1. The van der Waals surface area contributed by atoms with Gasteiger partial charge in [-0.25, -0.2) is 0 Å². The summed E-state index contributed by atoms with van der Waals surface area (Å²) >= 11 is 11.9. The zero-order chi connectivity index (χ0) is 15.5. The van der Waals surface area contributed by atoms with E-state index in [0.29, 0.717) is 23.0 Å². The zero-order valence-electron chi connectivity index (χ0n) is 12.4. The number of hydrogen-bond donors (Lipinski definition) is 1. The predicted molar refractivity (Wildman–Crippen MR) is 87.8 cm³/mol. The highest BCUT2D eigenvalue weighted by Gasteiger charge is 2.34. The average Bonchev–Trinajstić information content (AvgIpc) is 2.86. The molecule has 0 radical (unpaired) electrons. The lowest BCUT2D eigenvalue weighted by atomic mass is 9.90. The number of benzene rings is 1. The maximum Gasteiger partial charge on any atom is 0.222 e. The Kier molecular flexibility index (Phi) is 5.53. The van der Waals surface area contributed by atoms with Crippen LogP contribution in [0.3, 0.4) is 0 Å². The SMILES string of the molecule is CC1(CN)CCN(C(=O)CCCc2ccc(Cl)c(Cl)c2)C1. The molecule has 116 valence electrons. The van der Waals surface area contributed by atoms with Gasteiger partial charge in [0.25, 0.3) is 0 Å². The van der Waals surface area contributed by atoms with Crippen LogP contribution in [0.4, 0.5) is 0 Å². The first-order valence-electron chi connectivity index (χ1n) is 7.35. The molecule has 1 fully saturated rings. The van der Waals surface area contributed by atoms with Gasteiger partial charge in [0.15, 0.2) is 0 Å². The largest absolute Gasteiger partial charge is 0.342 e. The molecule has 0 aromatic heterocycles. The lowest BCUT2D eigenvalue weighted by Crippen LogP contribution is -2.34. The van der Waals surface area contributed by atoms with Crippen LogP contribution in [-0.2, 0) is 11.2 Å². The summed E-state index contributed by atoms with van der Waals surface area (Å²) in [4.78, 5) is 14.1. The van der Waals surface area contributed by atoms with Crippen LogP contribution in [0.5, 0.6) is 0 Å². The fourth-order valence-corrected chi connectivity index (χ4v) is 3.02. The van der Waals surface area contributed by atoms with Crippen LogP contribution < -0.4 is 5.73 Å². The molecule has 1 heterocycles. The summed E-state index contributed by atoms with van der Waals surface area (Å²) in [5.41, 5.74) is 6.98. The Morgan fingerprint density at radius 1 is 1.38 bits per heavy atom. The number of carbonyl (C=O) groups is 1. The third-order valence-electron chi connectivity index (χ3n) is 4.24. The number of carbonyl (C=O) groups excluding carboxylic acids is 1. The van der Waals surface area contributed by atoms with Crippen molar-refractivity contribution in [2.45, 2.75) is 32.6 Å². The Balaban J connectivity index is 1.78. The van der Waals surface area contributed by atoms with E-state index in [0.717, 1.165) is 37.9 Å². The lowest BCUT2D eigenvalue weighted by molar-refractivity contribution is -0.130. The molecule has 2 rings (SSSR count). The monoisotopic (exact) mass is 328 g/mol. The average molecular weight is 329 g/mol. The van der Waals surface area contributed by atoms with Gasteiger partial charge in [-0.3, -0.25) is 4.79 Å². The summed E-state index contributed by atoms with van der Waals surface area (Å²) in [6.07, 6.45) is 3.24. The molecule has 1 aliphatic rings. The number of hydrogen-bond acceptors (Lipinski definition) is 2. The molecule has 0 aliphatic carbocycles. The van der Waals surface area contributed by atoms with Gasteiger partial charge in [-0.2, -0.15) is 0 Å². The Morgan fingerprint density at radius 2 is 2.14 bits per heavy atom. The summed E-state index contributed by atoms with van der Waals surface area (Å²) in [7, 11) is 0. The first-order valence-corrected chi connectivity index (χ1v) is 8.11. The van der Waals surface area contributed by atoms with Gasteiger partial charge in [0.05, 0.1) is 10.0 Å². The van der Waals surface area contributed by atoms with E-state index in [-0.39, 0.29) is 11.3 Å². The summed E-state index contributed by atoms with van der Waals surface area (Å²) in [6.45, 7) is 4.41. The summed E-state index contributed by atoms with van der Waals surface area (Å²) < 4.78 is 0. The number of nitrogens with two attached hydrogens (primary N) is 1. The Hall–Kier alpha value is -0.770. The van der Waals surface area contributed by atoms with Crippen molar-refractivity contribution in [2.75, 3.05) is 19.6 Å². The van der Waals surface area contributed by atoms with Crippen LogP contribution in [-0.4, -0.2) is 30.4 Å². The molecule has 1 saturated heterocycles. The second kappa shape index (κ2) is 6.99. The molecular formula is C16H22Cl2N2O. The molecule has 0 bridgehead atoms. The normalized spacial score (nSPS) is 21.8. The van der Waals surface area contributed by atoms with Crippen molar-refractivity contribution >= 4 is 29.1 Å². The molecule has 21 heavy (non-hydrogen) atoms. The van der Waals surface area contributed by atoms with Gasteiger partial charge < -0.3 is 10.6 Å². The van der Waals surface area contributed by atoms with Gasteiger partial charge in [0, 0.05) is 19.5 Å². The summed E-state index contributed by atoms with van der Waals surface area (Å²) in [5.74, 6) is 0.229. The molecule has 1 aliphatic heterocycles. The fourth-order valence-electron chi connectivity index (χ4n) is 2.70. The van der Waals surface area contributed by atoms with Gasteiger partial charge in [-0.05, 0) is 48.9 Å². The van der Waals surface area contributed by atoms with Crippen LogP contribution in [0.25, 0.3) is 0 Å². The van der Waals surface area contributed by atoms with E-state index in [2.05, 4.69) is 6.92 Å². The van der Waals surface area contributed by atoms with Crippen molar-refractivity contribution in [3.63, 3.8) is 0 Å². The molecule has 5 heteroatoms. The van der Waals surface area contributed by atoms with E-state index >= 15 is 0 Å². The Labute approximate surface area is 136 Å². The van der Waals surface area contributed by atoms with E-state index in [1.54, 1.807) is 6.07 Å². The lowest BCUT2D eigenvalue weighted by Gasteiger charge is -2.22. The highest BCUT2D eigenvalue weighted by atomic mass is 35.5. The maximum atomic E-state index is 12.2. The predicted octanol–water partition coefficient (Wildman–Crippen LogP) is 3.51. The molecule has 1 atom stereocenters. The first-order chi connectivity index (χ1) is 9.93. The standard InChI is InChI=1S/C16H22Cl2N2O/c1-16(10-19)7-8-20(11-16)15(21)4-2-3-12-5-6-13(17)14(18)9-12/h5-6,9H,2-4,7-8,10-11,19H2,1H3. The minimum atomic E-state index is 0.0966. The van der Waals surface area contributed by atoms with E-state index in [1.165, 1.54) is 0 Å². The fraction of sp³-hybridized carbons (Fsp3) is 0.562. The van der Waals surface area contributed by atoms with Crippen molar-refractivity contribution in [1.82, 2.24) is 4.90 Å². The second-order valence-corrected chi connectivity index (χ2v) is 7.00. The Bertz CT molecular complexity index is 521. The minimum Gasteiger partial charge on any atom is -0.342 e. The van der Waals surface area contributed by atoms with Crippen molar-refractivity contribution in [3.8, 4) is 0 Å². The number of aryl methyl sites for hydroxylation is 1. The maximum absolute atomic E-state index is 12.2. The van der Waals surface area contributed by atoms with E-state index in [1.807, 2.05) is 17.0 Å². The number of rotatable bonds is 5. The van der Waals surface area contributed by atoms with Gasteiger partial charge in [-0.15, -0.1) is 0 Å². The van der Waals surface area contributed by atoms with E-state index in [9.17, 15) is 4.79 Å². The molecule has 0 spiro atoms. The number of amides is 1. The third kappa shape index (κ3) is 4.35. The molecule has 2 N–H and O–H groups in total. The summed E-state index contributed by atoms with van der Waals surface area (Å²) in [5, 5.41) is 1.13. The topological polar surface area (TPSA) is 46.3 Å². The third-order valence-corrected chi connectivity index (χ3v) is 4.98. The van der Waals surface area contributed by atoms with Gasteiger partial charge >= 0.3 is 0 Å². The smallest absolute Gasteiger partial charge is 0.222 e. The van der Waals surface area contributed by atoms with Crippen molar-refractivity contribution in [2.24, 2.45) is 11.1 Å². The van der Waals surface area contributed by atoms with Crippen molar-refractivity contribution in [1.29, 1.82) is 0 Å². The zero-order valence-corrected chi connectivity index (χ0v) is 13.9. The van der Waals surface area contributed by atoms with Crippen LogP contribution >= 0.6 is 23.2 Å². The molecule has 1 unspecified atom stereocenters. The second-order valence-electron chi connectivity index (χ2n) is 6.18. The van der Waals surface area contributed by atoms with Gasteiger partial charge in [0.1, 0.15) is 0 Å². The Morgan fingerprint density at radius 3 is 2.76 bits per heavy atom. The molecular weight excluding hydrogens is 307 g/mol. The number of halogens is 2. The van der Waals surface area contributed by atoms with Crippen LogP contribution in [0.1, 0.15) is 31.7 Å². The van der Waals surface area contributed by atoms with Crippen LogP contribution in [0.15, 0.2) is 18.2 Å². The van der Waals surface area contributed by atoms with E-state index < -0.39 is 0 Å².